The van der Waals surface area contributed by atoms with E-state index in [0.717, 1.165) is 0 Å². The lowest BCUT2D eigenvalue weighted by atomic mass is 10.2. The lowest BCUT2D eigenvalue weighted by Crippen LogP contribution is -2.47. The fourth-order valence-corrected chi connectivity index (χ4v) is 1.83. The van der Waals surface area contributed by atoms with Crippen molar-refractivity contribution in [2.45, 2.75) is 18.8 Å². The van der Waals surface area contributed by atoms with Crippen molar-refractivity contribution in [3.8, 4) is 5.88 Å². The molecule has 0 spiro atoms. The molecule has 1 atom stereocenters. The number of alkyl halides is 3. The number of ether oxygens (including phenoxy) is 2. The molecule has 11 heteroatoms. The Kier molecular flexibility index (Phi) is 9.98. The summed E-state index contributed by atoms with van der Waals surface area (Å²) >= 11 is 0. The monoisotopic (exact) mass is 391 g/mol. The molecule has 1 aromatic rings. The molecule has 2 heterocycles. The van der Waals surface area contributed by atoms with Crippen LogP contribution in [0.4, 0.5) is 13.2 Å². The van der Waals surface area contributed by atoms with Gasteiger partial charge in [0.25, 0.3) is 5.91 Å². The normalized spacial score (nSPS) is 17.2. The third-order valence-corrected chi connectivity index (χ3v) is 2.87. The quantitative estimate of drug-likeness (QED) is 0.794. The third kappa shape index (κ3) is 8.00. The van der Waals surface area contributed by atoms with E-state index in [1.165, 1.54) is 12.3 Å². The predicted octanol–water partition coefficient (Wildman–Crippen LogP) is 1.47. The fraction of sp³-hybridized carbons (Fsp3) is 0.538. The van der Waals surface area contributed by atoms with E-state index in [4.69, 9.17) is 4.74 Å². The van der Waals surface area contributed by atoms with Gasteiger partial charge in [-0.25, -0.2) is 4.98 Å². The molecular weight excluding hydrogens is 374 g/mol. The zero-order valence-corrected chi connectivity index (χ0v) is 14.1. The number of hydrogen-bond acceptors (Lipinski definition) is 5. The zero-order chi connectivity index (χ0) is 16.0. The molecule has 1 fully saturated rings. The van der Waals surface area contributed by atoms with E-state index < -0.39 is 18.9 Å². The number of carbonyl (C=O) groups excluding carboxylic acids is 1. The van der Waals surface area contributed by atoms with Crippen LogP contribution in [0, 0.1) is 0 Å². The van der Waals surface area contributed by atoms with Gasteiger partial charge in [0, 0.05) is 31.9 Å². The first-order valence-electron chi connectivity index (χ1n) is 6.68. The molecule has 1 unspecified atom stereocenters. The van der Waals surface area contributed by atoms with Gasteiger partial charge in [-0.2, -0.15) is 13.2 Å². The smallest absolute Gasteiger partial charge is 0.422 e. The summed E-state index contributed by atoms with van der Waals surface area (Å²) in [6.45, 7) is 0.347. The number of nitrogens with one attached hydrogen (secondary N) is 2. The van der Waals surface area contributed by atoms with Crippen LogP contribution in [0.1, 0.15) is 5.56 Å². The number of halogens is 5. The van der Waals surface area contributed by atoms with Crippen LogP contribution in [-0.2, 0) is 16.1 Å². The van der Waals surface area contributed by atoms with Gasteiger partial charge in [-0.15, -0.1) is 24.8 Å². The van der Waals surface area contributed by atoms with Gasteiger partial charge >= 0.3 is 6.18 Å². The first-order chi connectivity index (χ1) is 10.4. The molecule has 1 amide bonds. The van der Waals surface area contributed by atoms with Crippen LogP contribution in [0.3, 0.4) is 0 Å². The van der Waals surface area contributed by atoms with Gasteiger partial charge in [-0.3, -0.25) is 4.79 Å². The first-order valence-corrected chi connectivity index (χ1v) is 6.68. The Balaban J connectivity index is 0.00000264. The second-order valence-corrected chi connectivity index (χ2v) is 4.69. The Morgan fingerprint density at radius 1 is 1.46 bits per heavy atom. The van der Waals surface area contributed by atoms with Crippen molar-refractivity contribution >= 4 is 30.7 Å². The molecule has 1 aliphatic rings. The SMILES string of the molecule is Cl.Cl.O=C(NCc1ccnc(OCC(F)(F)F)c1)C1CNCCO1. The molecule has 1 aromatic heterocycles. The lowest BCUT2D eigenvalue weighted by Gasteiger charge is -2.22. The van der Waals surface area contributed by atoms with Crippen LogP contribution in [0.25, 0.3) is 0 Å². The summed E-state index contributed by atoms with van der Waals surface area (Å²) in [5.74, 6) is -0.415. The van der Waals surface area contributed by atoms with E-state index >= 15 is 0 Å². The van der Waals surface area contributed by atoms with Crippen molar-refractivity contribution in [2.24, 2.45) is 0 Å². The van der Waals surface area contributed by atoms with Crippen molar-refractivity contribution in [3.05, 3.63) is 23.9 Å². The van der Waals surface area contributed by atoms with Crippen LogP contribution in [-0.4, -0.2) is 49.5 Å². The molecule has 0 radical (unpaired) electrons. The van der Waals surface area contributed by atoms with Gasteiger partial charge in [0.05, 0.1) is 6.61 Å². The maximum absolute atomic E-state index is 12.1. The number of carbonyl (C=O) groups is 1. The maximum Gasteiger partial charge on any atom is 0.422 e. The summed E-state index contributed by atoms with van der Waals surface area (Å²) in [7, 11) is 0. The largest absolute Gasteiger partial charge is 0.468 e. The van der Waals surface area contributed by atoms with Crippen LogP contribution in [0.5, 0.6) is 5.88 Å². The summed E-state index contributed by atoms with van der Waals surface area (Å²) in [6.07, 6.45) is -3.65. The van der Waals surface area contributed by atoms with E-state index in [2.05, 4.69) is 20.4 Å². The second-order valence-electron chi connectivity index (χ2n) is 4.69. The number of aromatic nitrogens is 1. The summed E-state index contributed by atoms with van der Waals surface area (Å²) in [5.41, 5.74) is 0.587. The summed E-state index contributed by atoms with van der Waals surface area (Å²) in [6, 6.07) is 2.94. The predicted molar refractivity (Wildman–Crippen MR) is 84.7 cm³/mol. The third-order valence-electron chi connectivity index (χ3n) is 2.87. The first kappa shape index (κ1) is 22.7. The molecule has 6 nitrogen and oxygen atoms in total. The highest BCUT2D eigenvalue weighted by Gasteiger charge is 2.28. The van der Waals surface area contributed by atoms with Crippen molar-refractivity contribution in [3.63, 3.8) is 0 Å². The van der Waals surface area contributed by atoms with Crippen LogP contribution in [0.2, 0.25) is 0 Å². The van der Waals surface area contributed by atoms with Gasteiger partial charge in [-0.1, -0.05) is 0 Å². The zero-order valence-electron chi connectivity index (χ0n) is 12.5. The molecule has 2 rings (SSSR count). The van der Waals surface area contributed by atoms with Crippen molar-refractivity contribution in [2.75, 3.05) is 26.3 Å². The molecule has 1 saturated heterocycles. The highest BCUT2D eigenvalue weighted by atomic mass is 35.5. The molecule has 138 valence electrons. The number of morpholine rings is 1. The Bertz CT molecular complexity index is 515. The number of hydrogen-bond donors (Lipinski definition) is 2. The minimum absolute atomic E-state index is 0. The van der Waals surface area contributed by atoms with Crippen molar-refractivity contribution < 1.29 is 27.4 Å². The Morgan fingerprint density at radius 2 is 2.21 bits per heavy atom. The summed E-state index contributed by atoms with van der Waals surface area (Å²) in [4.78, 5) is 15.5. The number of nitrogens with zero attached hydrogens (tertiary/aromatic N) is 1. The molecule has 2 N–H and O–H groups in total. The van der Waals surface area contributed by atoms with Gasteiger partial charge in [-0.05, 0) is 11.6 Å². The molecule has 0 aliphatic carbocycles. The van der Waals surface area contributed by atoms with Gasteiger partial charge in [0.15, 0.2) is 6.61 Å². The average Bonchev–Trinajstić information content (AvgIpc) is 2.51. The average molecular weight is 392 g/mol. The van der Waals surface area contributed by atoms with Crippen LogP contribution in [0.15, 0.2) is 18.3 Å². The fourth-order valence-electron chi connectivity index (χ4n) is 1.83. The Labute approximate surface area is 149 Å². The number of amides is 1. The van der Waals surface area contributed by atoms with E-state index in [0.29, 0.717) is 25.3 Å². The minimum Gasteiger partial charge on any atom is -0.468 e. The maximum atomic E-state index is 12.1. The van der Waals surface area contributed by atoms with Crippen LogP contribution >= 0.6 is 24.8 Å². The molecule has 0 saturated carbocycles. The summed E-state index contributed by atoms with van der Waals surface area (Å²) < 4.78 is 46.1. The molecule has 1 aliphatic heterocycles. The highest BCUT2D eigenvalue weighted by Crippen LogP contribution is 2.17. The summed E-state index contributed by atoms with van der Waals surface area (Å²) in [5, 5.41) is 5.69. The van der Waals surface area contributed by atoms with E-state index in [1.807, 2.05) is 0 Å². The molecular formula is C13H18Cl2F3N3O3. The lowest BCUT2D eigenvalue weighted by molar-refractivity contribution is -0.154. The Morgan fingerprint density at radius 3 is 2.83 bits per heavy atom. The Hall–Kier alpha value is -1.29. The van der Waals surface area contributed by atoms with Crippen molar-refractivity contribution in [1.29, 1.82) is 0 Å². The number of pyridine rings is 1. The molecule has 0 bridgehead atoms. The van der Waals surface area contributed by atoms with E-state index in [1.54, 1.807) is 6.07 Å². The van der Waals surface area contributed by atoms with Gasteiger partial charge < -0.3 is 20.1 Å². The number of rotatable bonds is 5. The van der Waals surface area contributed by atoms with Gasteiger partial charge in [0.2, 0.25) is 5.88 Å². The van der Waals surface area contributed by atoms with Crippen molar-refractivity contribution in [1.82, 2.24) is 15.6 Å². The molecule has 24 heavy (non-hydrogen) atoms. The second kappa shape index (κ2) is 10.5. The molecule has 0 aromatic carbocycles. The van der Waals surface area contributed by atoms with E-state index in [-0.39, 0.29) is 43.1 Å². The van der Waals surface area contributed by atoms with E-state index in [9.17, 15) is 18.0 Å². The standard InChI is InChI=1S/C13H16F3N3O3.2ClH/c14-13(15,16)8-22-11-5-9(1-2-18-11)6-19-12(20)10-7-17-3-4-21-10;;/h1-2,5,10,17H,3-4,6-8H2,(H,19,20);2*1H. The topological polar surface area (TPSA) is 72.5 Å². The van der Waals surface area contributed by atoms with Gasteiger partial charge in [0.1, 0.15) is 6.10 Å². The highest BCUT2D eigenvalue weighted by molar-refractivity contribution is 5.85. The van der Waals surface area contributed by atoms with Crippen LogP contribution < -0.4 is 15.4 Å². The minimum atomic E-state index is -4.42.